The Morgan fingerprint density at radius 2 is 0.639 bits per heavy atom. The van der Waals surface area contributed by atoms with E-state index in [1.165, 1.54) is 0 Å². The molecule has 0 fully saturated rings. The van der Waals surface area contributed by atoms with E-state index >= 15 is 0 Å². The molecule has 0 radical (unpaired) electrons. The highest BCUT2D eigenvalue weighted by atomic mass is 35.5. The maximum absolute atomic E-state index is 6.52. The molecule has 0 bridgehead atoms. The lowest BCUT2D eigenvalue weighted by Crippen LogP contribution is -1.87. The Balaban J connectivity index is 1.59. The molecule has 0 unspecified atom stereocenters. The fraction of sp³-hybridized carbons (Fsp3) is 0. The number of benzene rings is 6. The molecule has 0 amide bonds. The standard InChI is InChI=1S/C32H14Cl4/c33-29-13-3-9-21-19(22-10-4-14-30(34)26(22)17-25(21)29)7-1-2-8-20-23-11-5-15-31(35)27(23)18-28-24(20)12-6-16-32(28)36/h3-6,9-18H. The fourth-order valence-corrected chi connectivity index (χ4v) is 5.56. The molecule has 0 aliphatic rings. The van der Waals surface area contributed by atoms with E-state index in [0.717, 1.165) is 54.2 Å². The normalized spacial score (nSPS) is 10.9. The van der Waals surface area contributed by atoms with Gasteiger partial charge in [-0.1, -0.05) is 107 Å². The van der Waals surface area contributed by atoms with Gasteiger partial charge in [-0.15, -0.1) is 0 Å². The van der Waals surface area contributed by atoms with Crippen molar-refractivity contribution in [2.75, 3.05) is 0 Å². The van der Waals surface area contributed by atoms with E-state index in [4.69, 9.17) is 46.4 Å². The van der Waals surface area contributed by atoms with Gasteiger partial charge in [0.2, 0.25) is 0 Å². The van der Waals surface area contributed by atoms with Gasteiger partial charge in [-0.05, 0) is 69.8 Å². The molecule has 0 aromatic heterocycles. The van der Waals surface area contributed by atoms with E-state index < -0.39 is 0 Å². The molecule has 170 valence electrons. The van der Waals surface area contributed by atoms with Gasteiger partial charge in [-0.25, -0.2) is 0 Å². The second-order valence-corrected chi connectivity index (χ2v) is 9.97. The molecule has 0 nitrogen and oxygen atoms in total. The van der Waals surface area contributed by atoms with Crippen LogP contribution in [0.1, 0.15) is 11.1 Å². The SMILES string of the molecule is Clc1cccc2c(C#CC#Cc3c4cccc(Cl)c4cc4c(Cl)cccc34)c3cccc(Cl)c3cc12. The van der Waals surface area contributed by atoms with E-state index in [1.807, 2.05) is 84.9 Å². The molecule has 0 spiro atoms. The van der Waals surface area contributed by atoms with Gasteiger partial charge in [0.05, 0.1) is 0 Å². The summed E-state index contributed by atoms with van der Waals surface area (Å²) in [6, 6.07) is 27.3. The van der Waals surface area contributed by atoms with Gasteiger partial charge in [0.1, 0.15) is 0 Å². The first-order chi connectivity index (χ1) is 17.5. The third kappa shape index (κ3) is 3.85. The van der Waals surface area contributed by atoms with E-state index in [2.05, 4.69) is 23.7 Å². The maximum Gasteiger partial charge on any atom is 0.0485 e. The van der Waals surface area contributed by atoms with Crippen LogP contribution in [0.25, 0.3) is 43.1 Å². The zero-order valence-corrected chi connectivity index (χ0v) is 21.6. The molecule has 36 heavy (non-hydrogen) atoms. The smallest absolute Gasteiger partial charge is 0.0485 e. The lowest BCUT2D eigenvalue weighted by Gasteiger charge is -2.09. The molecule has 6 rings (SSSR count). The number of halogens is 4. The van der Waals surface area contributed by atoms with E-state index in [1.54, 1.807) is 0 Å². The lowest BCUT2D eigenvalue weighted by molar-refractivity contribution is 1.73. The first-order valence-corrected chi connectivity index (χ1v) is 12.6. The van der Waals surface area contributed by atoms with Crippen LogP contribution in [0.2, 0.25) is 20.1 Å². The van der Waals surface area contributed by atoms with Crippen molar-refractivity contribution in [3.63, 3.8) is 0 Å². The van der Waals surface area contributed by atoms with Crippen molar-refractivity contribution in [3.05, 3.63) is 116 Å². The highest BCUT2D eigenvalue weighted by molar-refractivity contribution is 6.39. The summed E-state index contributed by atoms with van der Waals surface area (Å²) in [7, 11) is 0. The minimum absolute atomic E-state index is 0.652. The molecule has 0 N–H and O–H groups in total. The van der Waals surface area contributed by atoms with Gasteiger partial charge in [0.15, 0.2) is 0 Å². The van der Waals surface area contributed by atoms with Gasteiger partial charge < -0.3 is 0 Å². The first kappa shape index (κ1) is 23.1. The molecule has 0 atom stereocenters. The minimum Gasteiger partial charge on any atom is -0.0837 e. The van der Waals surface area contributed by atoms with Crippen LogP contribution in [-0.2, 0) is 0 Å². The largest absolute Gasteiger partial charge is 0.0837 e. The zero-order valence-electron chi connectivity index (χ0n) is 18.6. The molecule has 6 aromatic carbocycles. The highest BCUT2D eigenvalue weighted by Gasteiger charge is 2.11. The number of hydrogen-bond donors (Lipinski definition) is 0. The monoisotopic (exact) mass is 538 g/mol. The lowest BCUT2D eigenvalue weighted by atomic mass is 9.96. The van der Waals surface area contributed by atoms with Gasteiger partial charge in [-0.3, -0.25) is 0 Å². The second kappa shape index (κ2) is 9.26. The first-order valence-electron chi connectivity index (χ1n) is 11.1. The van der Waals surface area contributed by atoms with Crippen LogP contribution in [0.15, 0.2) is 84.9 Å². The molecular weight excluding hydrogens is 526 g/mol. The van der Waals surface area contributed by atoms with E-state index in [-0.39, 0.29) is 0 Å². The average Bonchev–Trinajstić information content (AvgIpc) is 2.87. The van der Waals surface area contributed by atoms with Gasteiger partial charge in [0, 0.05) is 52.8 Å². The van der Waals surface area contributed by atoms with Crippen LogP contribution in [0.3, 0.4) is 0 Å². The number of rotatable bonds is 0. The van der Waals surface area contributed by atoms with Crippen LogP contribution in [-0.4, -0.2) is 0 Å². The quantitative estimate of drug-likeness (QED) is 0.133. The number of hydrogen-bond acceptors (Lipinski definition) is 0. The molecule has 4 heteroatoms. The summed E-state index contributed by atoms with van der Waals surface area (Å²) in [6.07, 6.45) is 0. The Hall–Kier alpha value is -3.36. The van der Waals surface area contributed by atoms with Crippen molar-refractivity contribution < 1.29 is 0 Å². The molecule has 0 heterocycles. The number of fused-ring (bicyclic) bond motifs is 4. The van der Waals surface area contributed by atoms with Crippen LogP contribution in [0.4, 0.5) is 0 Å². The predicted octanol–water partition coefficient (Wildman–Crippen LogP) is 10.3. The summed E-state index contributed by atoms with van der Waals surface area (Å²) in [4.78, 5) is 0. The third-order valence-electron chi connectivity index (χ3n) is 6.30. The van der Waals surface area contributed by atoms with Crippen molar-refractivity contribution >= 4 is 89.5 Å². The maximum atomic E-state index is 6.52. The Labute approximate surface area is 228 Å². The molecule has 0 aliphatic heterocycles. The molecule has 0 aliphatic carbocycles. The summed E-state index contributed by atoms with van der Waals surface area (Å²) in [5.74, 6) is 12.7. The van der Waals surface area contributed by atoms with Gasteiger partial charge in [-0.2, -0.15) is 0 Å². The zero-order chi connectivity index (χ0) is 24.8. The summed E-state index contributed by atoms with van der Waals surface area (Å²) >= 11 is 26.1. The van der Waals surface area contributed by atoms with Crippen LogP contribution in [0.5, 0.6) is 0 Å². The Kier molecular flexibility index (Phi) is 5.93. The Bertz CT molecular complexity index is 1730. The molecule has 6 aromatic rings. The van der Waals surface area contributed by atoms with Crippen LogP contribution < -0.4 is 0 Å². The summed E-state index contributed by atoms with van der Waals surface area (Å²) in [5, 5.41) is 10.1. The minimum atomic E-state index is 0.652. The van der Waals surface area contributed by atoms with Crippen molar-refractivity contribution in [1.29, 1.82) is 0 Å². The third-order valence-corrected chi connectivity index (χ3v) is 7.62. The topological polar surface area (TPSA) is 0 Å². The Morgan fingerprint density at radius 3 is 0.917 bits per heavy atom. The van der Waals surface area contributed by atoms with Crippen molar-refractivity contribution in [2.24, 2.45) is 0 Å². The summed E-state index contributed by atoms with van der Waals surface area (Å²) in [6.45, 7) is 0. The molecular formula is C32H14Cl4. The highest BCUT2D eigenvalue weighted by Crippen LogP contribution is 2.36. The predicted molar refractivity (Wildman–Crippen MR) is 157 cm³/mol. The van der Waals surface area contributed by atoms with Crippen molar-refractivity contribution in [3.8, 4) is 23.7 Å². The van der Waals surface area contributed by atoms with Crippen LogP contribution >= 0.6 is 46.4 Å². The van der Waals surface area contributed by atoms with Gasteiger partial charge in [0.25, 0.3) is 0 Å². The molecule has 0 saturated carbocycles. The van der Waals surface area contributed by atoms with E-state index in [0.29, 0.717) is 20.1 Å². The Morgan fingerprint density at radius 1 is 0.361 bits per heavy atom. The van der Waals surface area contributed by atoms with Gasteiger partial charge >= 0.3 is 0 Å². The van der Waals surface area contributed by atoms with Crippen molar-refractivity contribution in [2.45, 2.75) is 0 Å². The van der Waals surface area contributed by atoms with E-state index in [9.17, 15) is 0 Å². The average molecular weight is 540 g/mol. The summed E-state index contributed by atoms with van der Waals surface area (Å²) in [5.41, 5.74) is 1.69. The van der Waals surface area contributed by atoms with Crippen molar-refractivity contribution in [1.82, 2.24) is 0 Å². The van der Waals surface area contributed by atoms with Crippen LogP contribution in [0, 0.1) is 23.7 Å². The summed E-state index contributed by atoms with van der Waals surface area (Å²) < 4.78 is 0. The fourth-order valence-electron chi connectivity index (χ4n) is 4.64. The second-order valence-electron chi connectivity index (χ2n) is 8.34. The molecule has 0 saturated heterocycles.